The summed E-state index contributed by atoms with van der Waals surface area (Å²) < 4.78 is 5.30. The van der Waals surface area contributed by atoms with E-state index in [4.69, 9.17) is 10.5 Å². The van der Waals surface area contributed by atoms with Crippen LogP contribution in [0.4, 0.5) is 0 Å². The van der Waals surface area contributed by atoms with E-state index < -0.39 is 6.04 Å². The molecule has 0 spiro atoms. The van der Waals surface area contributed by atoms with Crippen LogP contribution in [0.25, 0.3) is 0 Å². The number of nitrogens with one attached hydrogen (secondary N) is 1. The molecule has 0 bridgehead atoms. The molecule has 3 N–H and O–H groups in total. The molecule has 0 aromatic rings. The highest BCUT2D eigenvalue weighted by molar-refractivity contribution is 5.81. The van der Waals surface area contributed by atoms with Gasteiger partial charge in [-0.15, -0.1) is 0 Å². The van der Waals surface area contributed by atoms with Crippen molar-refractivity contribution in [2.24, 2.45) is 11.7 Å². The van der Waals surface area contributed by atoms with E-state index in [0.29, 0.717) is 13.2 Å². The monoisotopic (exact) mass is 216 g/mol. The van der Waals surface area contributed by atoms with E-state index in [9.17, 15) is 4.79 Å². The minimum absolute atomic E-state index is 0.0445. The molecule has 15 heavy (non-hydrogen) atoms. The van der Waals surface area contributed by atoms with E-state index in [1.54, 1.807) is 0 Å². The van der Waals surface area contributed by atoms with Gasteiger partial charge < -0.3 is 15.8 Å². The van der Waals surface area contributed by atoms with Crippen molar-refractivity contribution < 1.29 is 9.53 Å². The molecule has 1 amide bonds. The topological polar surface area (TPSA) is 64.3 Å². The zero-order valence-corrected chi connectivity index (χ0v) is 10.2. The number of nitrogens with two attached hydrogens (primary N) is 1. The van der Waals surface area contributed by atoms with E-state index in [2.05, 4.69) is 5.32 Å². The van der Waals surface area contributed by atoms with Crippen LogP contribution >= 0.6 is 0 Å². The molecule has 0 aliphatic rings. The number of ether oxygens (including phenoxy) is 1. The van der Waals surface area contributed by atoms with Crippen molar-refractivity contribution in [3.05, 3.63) is 0 Å². The first kappa shape index (κ1) is 14.4. The number of carbonyl (C=O) groups is 1. The Balaban J connectivity index is 3.82. The van der Waals surface area contributed by atoms with Gasteiger partial charge in [0, 0.05) is 13.2 Å². The van der Waals surface area contributed by atoms with E-state index in [-0.39, 0.29) is 17.9 Å². The van der Waals surface area contributed by atoms with Gasteiger partial charge in [-0.25, -0.2) is 0 Å². The first-order valence-corrected chi connectivity index (χ1v) is 5.67. The Morgan fingerprint density at radius 3 is 2.47 bits per heavy atom. The standard InChI is InChI=1S/C11H24N2O2/c1-5-8(3)10(12)11(14)13-7-9(4)15-6-2/h8-10H,5-7,12H2,1-4H3,(H,13,14)/t8?,9?,10-/m0/s1. The summed E-state index contributed by atoms with van der Waals surface area (Å²) in [7, 11) is 0. The second-order valence-corrected chi connectivity index (χ2v) is 3.92. The summed E-state index contributed by atoms with van der Waals surface area (Å²) in [5.74, 6) is 0.128. The van der Waals surface area contributed by atoms with Gasteiger partial charge in [-0.05, 0) is 19.8 Å². The molecule has 0 rings (SSSR count). The molecule has 0 saturated carbocycles. The Morgan fingerprint density at radius 2 is 2.00 bits per heavy atom. The number of hydrogen-bond donors (Lipinski definition) is 2. The molecule has 0 aliphatic heterocycles. The molecule has 0 heterocycles. The molecule has 4 heteroatoms. The van der Waals surface area contributed by atoms with Crippen LogP contribution in [0.1, 0.15) is 34.1 Å². The van der Waals surface area contributed by atoms with Gasteiger partial charge in [0.15, 0.2) is 0 Å². The fourth-order valence-corrected chi connectivity index (χ4v) is 1.22. The number of amides is 1. The fourth-order valence-electron chi connectivity index (χ4n) is 1.22. The van der Waals surface area contributed by atoms with Crippen LogP contribution in [0.5, 0.6) is 0 Å². The minimum Gasteiger partial charge on any atom is -0.377 e. The van der Waals surface area contributed by atoms with Gasteiger partial charge in [0.05, 0.1) is 12.1 Å². The molecule has 0 radical (unpaired) electrons. The molecule has 0 fully saturated rings. The van der Waals surface area contributed by atoms with Gasteiger partial charge in [0.25, 0.3) is 0 Å². The predicted octanol–water partition coefficient (Wildman–Crippen LogP) is 0.901. The van der Waals surface area contributed by atoms with Crippen molar-refractivity contribution in [3.63, 3.8) is 0 Å². The smallest absolute Gasteiger partial charge is 0.237 e. The quantitative estimate of drug-likeness (QED) is 0.664. The van der Waals surface area contributed by atoms with Crippen LogP contribution in [0.3, 0.4) is 0 Å². The maximum Gasteiger partial charge on any atom is 0.237 e. The molecule has 0 saturated heterocycles. The SMILES string of the molecule is CCOC(C)CNC(=O)[C@@H](N)C(C)CC. The highest BCUT2D eigenvalue weighted by atomic mass is 16.5. The summed E-state index contributed by atoms with van der Waals surface area (Å²) >= 11 is 0. The fraction of sp³-hybridized carbons (Fsp3) is 0.909. The van der Waals surface area contributed by atoms with E-state index in [0.717, 1.165) is 6.42 Å². The van der Waals surface area contributed by atoms with E-state index >= 15 is 0 Å². The van der Waals surface area contributed by atoms with Gasteiger partial charge in [0.2, 0.25) is 5.91 Å². The molecular formula is C11H24N2O2. The largest absolute Gasteiger partial charge is 0.377 e. The first-order chi connectivity index (χ1) is 7.02. The summed E-state index contributed by atoms with van der Waals surface area (Å²) in [6.07, 6.45) is 0.957. The maximum absolute atomic E-state index is 11.6. The van der Waals surface area contributed by atoms with Crippen molar-refractivity contribution in [1.29, 1.82) is 0 Å². The average molecular weight is 216 g/mol. The minimum atomic E-state index is -0.413. The lowest BCUT2D eigenvalue weighted by atomic mass is 9.99. The third-order valence-corrected chi connectivity index (χ3v) is 2.57. The summed E-state index contributed by atoms with van der Waals surface area (Å²) in [6.45, 7) is 9.06. The lowest BCUT2D eigenvalue weighted by Gasteiger charge is -2.19. The van der Waals surface area contributed by atoms with Gasteiger partial charge in [-0.3, -0.25) is 4.79 Å². The Kier molecular flexibility index (Phi) is 7.34. The zero-order valence-electron chi connectivity index (χ0n) is 10.2. The van der Waals surface area contributed by atoms with Crippen LogP contribution in [0, 0.1) is 5.92 Å². The zero-order chi connectivity index (χ0) is 11.8. The summed E-state index contributed by atoms with van der Waals surface area (Å²) in [4.78, 5) is 11.6. The van der Waals surface area contributed by atoms with Crippen molar-refractivity contribution in [3.8, 4) is 0 Å². The lowest BCUT2D eigenvalue weighted by molar-refractivity contribution is -0.124. The third-order valence-electron chi connectivity index (χ3n) is 2.57. The second-order valence-electron chi connectivity index (χ2n) is 3.92. The van der Waals surface area contributed by atoms with Crippen LogP contribution in [-0.4, -0.2) is 31.2 Å². The number of hydrogen-bond acceptors (Lipinski definition) is 3. The second kappa shape index (κ2) is 7.65. The number of rotatable bonds is 7. The predicted molar refractivity (Wildman–Crippen MR) is 61.5 cm³/mol. The van der Waals surface area contributed by atoms with Crippen LogP contribution in [-0.2, 0) is 9.53 Å². The molecular weight excluding hydrogens is 192 g/mol. The summed E-state index contributed by atoms with van der Waals surface area (Å²) in [5, 5.41) is 2.79. The van der Waals surface area contributed by atoms with Crippen molar-refractivity contribution >= 4 is 5.91 Å². The summed E-state index contributed by atoms with van der Waals surface area (Å²) in [6, 6.07) is -0.413. The van der Waals surface area contributed by atoms with Gasteiger partial charge >= 0.3 is 0 Å². The maximum atomic E-state index is 11.6. The van der Waals surface area contributed by atoms with Gasteiger partial charge in [0.1, 0.15) is 0 Å². The summed E-state index contributed by atoms with van der Waals surface area (Å²) in [5.41, 5.74) is 5.78. The van der Waals surface area contributed by atoms with Gasteiger partial charge in [-0.2, -0.15) is 0 Å². The van der Waals surface area contributed by atoms with Crippen molar-refractivity contribution in [2.75, 3.05) is 13.2 Å². The third kappa shape index (κ3) is 5.74. The molecule has 4 nitrogen and oxygen atoms in total. The van der Waals surface area contributed by atoms with Crippen LogP contribution in [0.15, 0.2) is 0 Å². The molecule has 0 aromatic heterocycles. The Bertz CT molecular complexity index is 185. The molecule has 3 atom stereocenters. The molecule has 2 unspecified atom stereocenters. The molecule has 0 aromatic carbocycles. The van der Waals surface area contributed by atoms with E-state index in [1.165, 1.54) is 0 Å². The van der Waals surface area contributed by atoms with E-state index in [1.807, 2.05) is 27.7 Å². The van der Waals surface area contributed by atoms with Crippen LogP contribution in [0.2, 0.25) is 0 Å². The van der Waals surface area contributed by atoms with Gasteiger partial charge in [-0.1, -0.05) is 20.3 Å². The first-order valence-electron chi connectivity index (χ1n) is 5.67. The lowest BCUT2D eigenvalue weighted by Crippen LogP contribution is -2.46. The Labute approximate surface area is 92.6 Å². The number of carbonyl (C=O) groups excluding carboxylic acids is 1. The average Bonchev–Trinajstić information content (AvgIpc) is 2.24. The van der Waals surface area contributed by atoms with Crippen molar-refractivity contribution in [1.82, 2.24) is 5.32 Å². The molecule has 0 aliphatic carbocycles. The van der Waals surface area contributed by atoms with Crippen molar-refractivity contribution in [2.45, 2.75) is 46.3 Å². The normalized spacial score (nSPS) is 16.9. The van der Waals surface area contributed by atoms with Crippen LogP contribution < -0.4 is 11.1 Å². The highest BCUT2D eigenvalue weighted by Crippen LogP contribution is 2.04. The Hall–Kier alpha value is -0.610. The highest BCUT2D eigenvalue weighted by Gasteiger charge is 2.19. The Morgan fingerprint density at radius 1 is 1.40 bits per heavy atom. The molecule has 90 valence electrons.